The van der Waals surface area contributed by atoms with Crippen LogP contribution in [0.15, 0.2) is 6.20 Å². The lowest BCUT2D eigenvalue weighted by Gasteiger charge is -2.40. The average Bonchev–Trinajstić information content (AvgIpc) is 2.73. The zero-order valence-corrected chi connectivity index (χ0v) is 13.4. The molecule has 4 nitrogen and oxygen atoms in total. The summed E-state index contributed by atoms with van der Waals surface area (Å²) in [5, 5.41) is 8.47. The SMILES string of the molecule is CCNC(c1c(Cl)cnn1C)C(CC)(CC)OCC. The van der Waals surface area contributed by atoms with Gasteiger partial charge in [-0.05, 0) is 26.3 Å². The van der Waals surface area contributed by atoms with Gasteiger partial charge >= 0.3 is 0 Å². The summed E-state index contributed by atoms with van der Waals surface area (Å²) in [7, 11) is 1.92. The van der Waals surface area contributed by atoms with Gasteiger partial charge in [0.2, 0.25) is 0 Å². The van der Waals surface area contributed by atoms with E-state index in [1.54, 1.807) is 6.20 Å². The van der Waals surface area contributed by atoms with Gasteiger partial charge < -0.3 is 10.1 Å². The van der Waals surface area contributed by atoms with Crippen LogP contribution in [0.5, 0.6) is 0 Å². The molecule has 0 bridgehead atoms. The van der Waals surface area contributed by atoms with Gasteiger partial charge in [0.05, 0.1) is 28.6 Å². The summed E-state index contributed by atoms with van der Waals surface area (Å²) in [6.45, 7) is 10.0. The molecule has 1 heterocycles. The van der Waals surface area contributed by atoms with Crippen molar-refractivity contribution >= 4 is 11.6 Å². The van der Waals surface area contributed by atoms with Crippen molar-refractivity contribution in [3.63, 3.8) is 0 Å². The minimum Gasteiger partial charge on any atom is -0.373 e. The van der Waals surface area contributed by atoms with Crippen LogP contribution in [0.3, 0.4) is 0 Å². The first-order chi connectivity index (χ1) is 9.06. The maximum absolute atomic E-state index is 6.32. The molecule has 1 N–H and O–H groups in total. The van der Waals surface area contributed by atoms with E-state index in [-0.39, 0.29) is 11.6 Å². The second kappa shape index (κ2) is 7.27. The van der Waals surface area contributed by atoms with Crippen molar-refractivity contribution in [3.8, 4) is 0 Å². The molecule has 5 heteroatoms. The minimum atomic E-state index is -0.248. The molecule has 0 radical (unpaired) electrons. The second-order valence-electron chi connectivity index (χ2n) is 4.70. The van der Waals surface area contributed by atoms with Crippen molar-refractivity contribution in [2.45, 2.75) is 52.2 Å². The van der Waals surface area contributed by atoms with E-state index in [9.17, 15) is 0 Å². The van der Waals surface area contributed by atoms with E-state index in [4.69, 9.17) is 16.3 Å². The van der Waals surface area contributed by atoms with Crippen LogP contribution >= 0.6 is 11.6 Å². The highest BCUT2D eigenvalue weighted by Crippen LogP contribution is 2.37. The first kappa shape index (κ1) is 16.5. The fraction of sp³-hybridized carbons (Fsp3) is 0.786. The summed E-state index contributed by atoms with van der Waals surface area (Å²) in [5.74, 6) is 0. The monoisotopic (exact) mass is 287 g/mol. The molecule has 1 aromatic heterocycles. The van der Waals surface area contributed by atoms with Crippen molar-refractivity contribution in [1.82, 2.24) is 15.1 Å². The Morgan fingerprint density at radius 3 is 2.37 bits per heavy atom. The molecule has 110 valence electrons. The summed E-state index contributed by atoms with van der Waals surface area (Å²) in [6.07, 6.45) is 3.55. The second-order valence-corrected chi connectivity index (χ2v) is 5.10. The minimum absolute atomic E-state index is 0.0486. The number of aromatic nitrogens is 2. The highest BCUT2D eigenvalue weighted by molar-refractivity contribution is 6.31. The third-order valence-electron chi connectivity index (χ3n) is 3.77. The third kappa shape index (κ3) is 3.30. The average molecular weight is 288 g/mol. The summed E-state index contributed by atoms with van der Waals surface area (Å²) < 4.78 is 7.96. The van der Waals surface area contributed by atoms with Gasteiger partial charge in [0, 0.05) is 13.7 Å². The van der Waals surface area contributed by atoms with Gasteiger partial charge in [0.1, 0.15) is 0 Å². The molecule has 1 atom stereocenters. The number of hydrogen-bond donors (Lipinski definition) is 1. The molecule has 0 aliphatic heterocycles. The number of ether oxygens (including phenoxy) is 1. The van der Waals surface area contributed by atoms with Crippen LogP contribution in [0.1, 0.15) is 52.3 Å². The number of nitrogens with one attached hydrogen (secondary N) is 1. The fourth-order valence-corrected chi connectivity index (χ4v) is 2.99. The van der Waals surface area contributed by atoms with Crippen LogP contribution in [0.25, 0.3) is 0 Å². The lowest BCUT2D eigenvalue weighted by Crippen LogP contribution is -2.46. The normalized spacial score (nSPS) is 13.8. The van der Waals surface area contributed by atoms with Crippen LogP contribution in [-0.2, 0) is 11.8 Å². The maximum atomic E-state index is 6.32. The molecule has 1 aromatic rings. The zero-order chi connectivity index (χ0) is 14.5. The fourth-order valence-electron chi connectivity index (χ4n) is 2.71. The number of hydrogen-bond acceptors (Lipinski definition) is 3. The molecule has 0 saturated carbocycles. The molecule has 0 fully saturated rings. The van der Waals surface area contributed by atoms with Gasteiger partial charge in [-0.3, -0.25) is 4.68 Å². The molecule has 0 saturated heterocycles. The van der Waals surface area contributed by atoms with E-state index in [0.717, 1.165) is 25.1 Å². The highest BCUT2D eigenvalue weighted by Gasteiger charge is 2.39. The molecular weight excluding hydrogens is 262 g/mol. The van der Waals surface area contributed by atoms with Crippen LogP contribution in [0.4, 0.5) is 0 Å². The Morgan fingerprint density at radius 1 is 1.37 bits per heavy atom. The zero-order valence-electron chi connectivity index (χ0n) is 12.7. The van der Waals surface area contributed by atoms with E-state index in [1.165, 1.54) is 0 Å². The predicted octanol–water partition coefficient (Wildman–Crippen LogP) is 3.32. The van der Waals surface area contributed by atoms with Gasteiger partial charge in [-0.25, -0.2) is 0 Å². The largest absolute Gasteiger partial charge is 0.373 e. The molecule has 0 aliphatic carbocycles. The predicted molar refractivity (Wildman–Crippen MR) is 79.6 cm³/mol. The molecule has 0 amide bonds. The molecule has 0 aromatic carbocycles. The standard InChI is InChI=1S/C14H26ClN3O/c1-6-14(7-2,19-9-4)13(16-8-3)12-11(15)10-17-18(12)5/h10,13,16H,6-9H2,1-5H3. The van der Waals surface area contributed by atoms with Crippen LogP contribution in [-0.4, -0.2) is 28.5 Å². The maximum Gasteiger partial charge on any atom is 0.0886 e. The summed E-state index contributed by atoms with van der Waals surface area (Å²) in [5.41, 5.74) is 0.753. The van der Waals surface area contributed by atoms with Gasteiger partial charge in [0.15, 0.2) is 0 Å². The summed E-state index contributed by atoms with van der Waals surface area (Å²) >= 11 is 6.32. The van der Waals surface area contributed by atoms with Crippen molar-refractivity contribution < 1.29 is 4.74 Å². The van der Waals surface area contributed by atoms with Crippen LogP contribution in [0, 0.1) is 0 Å². The number of aryl methyl sites for hydroxylation is 1. The van der Waals surface area contributed by atoms with Crippen molar-refractivity contribution in [3.05, 3.63) is 16.9 Å². The lowest BCUT2D eigenvalue weighted by atomic mass is 9.85. The Kier molecular flexibility index (Phi) is 6.30. The Labute approximate surface area is 121 Å². The van der Waals surface area contributed by atoms with Crippen LogP contribution < -0.4 is 5.32 Å². The lowest BCUT2D eigenvalue weighted by molar-refractivity contribution is -0.0746. The van der Waals surface area contributed by atoms with Crippen molar-refractivity contribution in [1.29, 1.82) is 0 Å². The molecular formula is C14H26ClN3O. The highest BCUT2D eigenvalue weighted by atomic mass is 35.5. The van der Waals surface area contributed by atoms with E-state index in [2.05, 4.69) is 31.2 Å². The summed E-state index contributed by atoms with van der Waals surface area (Å²) in [6, 6.07) is 0.0486. The number of halogens is 1. The molecule has 1 rings (SSSR count). The smallest absolute Gasteiger partial charge is 0.0886 e. The molecule has 1 unspecified atom stereocenters. The van der Waals surface area contributed by atoms with E-state index >= 15 is 0 Å². The van der Waals surface area contributed by atoms with E-state index in [1.807, 2.05) is 18.7 Å². The first-order valence-electron chi connectivity index (χ1n) is 7.10. The van der Waals surface area contributed by atoms with Crippen molar-refractivity contribution in [2.75, 3.05) is 13.2 Å². The first-order valence-corrected chi connectivity index (χ1v) is 7.48. The van der Waals surface area contributed by atoms with Gasteiger partial charge in [-0.2, -0.15) is 5.10 Å². The Bertz CT molecular complexity index is 369. The van der Waals surface area contributed by atoms with E-state index < -0.39 is 0 Å². The number of likely N-dealkylation sites (N-methyl/N-ethyl adjacent to an activating group) is 1. The van der Waals surface area contributed by atoms with Gasteiger partial charge in [0.25, 0.3) is 0 Å². The van der Waals surface area contributed by atoms with Gasteiger partial charge in [-0.1, -0.05) is 32.4 Å². The Morgan fingerprint density at radius 2 is 2.00 bits per heavy atom. The third-order valence-corrected chi connectivity index (χ3v) is 4.07. The van der Waals surface area contributed by atoms with E-state index in [0.29, 0.717) is 11.6 Å². The van der Waals surface area contributed by atoms with Gasteiger partial charge in [-0.15, -0.1) is 0 Å². The van der Waals surface area contributed by atoms with Crippen LogP contribution in [0.2, 0.25) is 5.02 Å². The Balaban J connectivity index is 3.24. The summed E-state index contributed by atoms with van der Waals surface area (Å²) in [4.78, 5) is 0. The van der Waals surface area contributed by atoms with Crippen molar-refractivity contribution in [2.24, 2.45) is 7.05 Å². The number of rotatable bonds is 8. The topological polar surface area (TPSA) is 39.1 Å². The number of nitrogens with zero attached hydrogens (tertiary/aromatic N) is 2. The quantitative estimate of drug-likeness (QED) is 0.797. The molecule has 0 spiro atoms. The molecule has 19 heavy (non-hydrogen) atoms. The molecule has 0 aliphatic rings. The Hall–Kier alpha value is -0.580.